The first kappa shape index (κ1) is 16.6. The molecular formula is C16H16Cl2FNS. The van der Waals surface area contributed by atoms with Gasteiger partial charge < -0.3 is 5.32 Å². The Balaban J connectivity index is 1.93. The van der Waals surface area contributed by atoms with Crippen LogP contribution in [-0.4, -0.2) is 18.8 Å². The lowest BCUT2D eigenvalue weighted by molar-refractivity contribution is 0.617. The molecule has 112 valence electrons. The standard InChI is InChI=1S/C16H16Cl2FNS/c1-20-13(8-11-2-7-15(17)16(18)9-11)10-21-14-5-3-12(19)4-6-14/h2-7,9,13,20H,8,10H2,1H3. The highest BCUT2D eigenvalue weighted by Gasteiger charge is 2.09. The Morgan fingerprint density at radius 1 is 1.10 bits per heavy atom. The predicted octanol–water partition coefficient (Wildman–Crippen LogP) is 5.06. The van der Waals surface area contributed by atoms with Gasteiger partial charge in [-0.1, -0.05) is 29.3 Å². The minimum atomic E-state index is -0.208. The van der Waals surface area contributed by atoms with Crippen molar-refractivity contribution in [1.82, 2.24) is 5.32 Å². The molecule has 2 aromatic rings. The van der Waals surface area contributed by atoms with Gasteiger partial charge in [-0.15, -0.1) is 11.8 Å². The zero-order valence-electron chi connectivity index (χ0n) is 11.6. The van der Waals surface area contributed by atoms with Crippen LogP contribution in [0.15, 0.2) is 47.4 Å². The molecule has 1 nitrogen and oxygen atoms in total. The molecule has 2 aromatic carbocycles. The van der Waals surface area contributed by atoms with Gasteiger partial charge in [0, 0.05) is 16.7 Å². The molecule has 1 unspecified atom stereocenters. The Labute approximate surface area is 138 Å². The van der Waals surface area contributed by atoms with Crippen molar-refractivity contribution < 1.29 is 4.39 Å². The van der Waals surface area contributed by atoms with E-state index in [1.54, 1.807) is 23.9 Å². The van der Waals surface area contributed by atoms with Crippen LogP contribution in [0, 0.1) is 5.82 Å². The van der Waals surface area contributed by atoms with Crippen LogP contribution in [0.4, 0.5) is 4.39 Å². The van der Waals surface area contributed by atoms with Crippen LogP contribution in [0.2, 0.25) is 10.0 Å². The lowest BCUT2D eigenvalue weighted by atomic mass is 10.1. The van der Waals surface area contributed by atoms with E-state index in [0.29, 0.717) is 16.1 Å². The van der Waals surface area contributed by atoms with Crippen LogP contribution in [0.25, 0.3) is 0 Å². The third-order valence-corrected chi connectivity index (χ3v) is 5.05. The van der Waals surface area contributed by atoms with Gasteiger partial charge in [-0.3, -0.25) is 0 Å². The molecule has 1 N–H and O–H groups in total. The summed E-state index contributed by atoms with van der Waals surface area (Å²) in [5.74, 6) is 0.683. The minimum absolute atomic E-state index is 0.208. The molecule has 0 aromatic heterocycles. The Morgan fingerprint density at radius 2 is 1.81 bits per heavy atom. The average molecular weight is 344 g/mol. The monoisotopic (exact) mass is 343 g/mol. The Hall–Kier alpha value is -0.740. The summed E-state index contributed by atoms with van der Waals surface area (Å²) in [6.07, 6.45) is 0.863. The van der Waals surface area contributed by atoms with Crippen molar-refractivity contribution in [2.75, 3.05) is 12.8 Å². The van der Waals surface area contributed by atoms with Gasteiger partial charge in [0.05, 0.1) is 10.0 Å². The first-order chi connectivity index (χ1) is 10.1. The van der Waals surface area contributed by atoms with Crippen molar-refractivity contribution in [1.29, 1.82) is 0 Å². The van der Waals surface area contributed by atoms with E-state index < -0.39 is 0 Å². The summed E-state index contributed by atoms with van der Waals surface area (Å²) < 4.78 is 12.9. The Bertz CT molecular complexity index is 589. The molecule has 0 saturated heterocycles. The maximum atomic E-state index is 12.9. The molecular weight excluding hydrogens is 328 g/mol. The maximum absolute atomic E-state index is 12.9. The van der Waals surface area contributed by atoms with E-state index in [9.17, 15) is 4.39 Å². The van der Waals surface area contributed by atoms with Crippen molar-refractivity contribution in [3.63, 3.8) is 0 Å². The summed E-state index contributed by atoms with van der Waals surface area (Å²) in [6, 6.07) is 12.6. The fourth-order valence-electron chi connectivity index (χ4n) is 1.92. The van der Waals surface area contributed by atoms with Crippen molar-refractivity contribution in [2.24, 2.45) is 0 Å². The smallest absolute Gasteiger partial charge is 0.123 e. The normalized spacial score (nSPS) is 12.4. The molecule has 0 heterocycles. The number of halogens is 3. The summed E-state index contributed by atoms with van der Waals surface area (Å²) in [5.41, 5.74) is 1.14. The number of benzene rings is 2. The molecule has 2 rings (SSSR count). The molecule has 5 heteroatoms. The number of thioether (sulfide) groups is 1. The molecule has 0 bridgehead atoms. The van der Waals surface area contributed by atoms with Crippen LogP contribution in [0.3, 0.4) is 0 Å². The van der Waals surface area contributed by atoms with Gasteiger partial charge in [-0.05, 0) is 55.4 Å². The highest BCUT2D eigenvalue weighted by atomic mass is 35.5. The lowest BCUT2D eigenvalue weighted by Crippen LogP contribution is -2.30. The van der Waals surface area contributed by atoms with E-state index in [2.05, 4.69) is 5.32 Å². The highest BCUT2D eigenvalue weighted by Crippen LogP contribution is 2.24. The molecule has 0 aliphatic rings. The van der Waals surface area contributed by atoms with Crippen molar-refractivity contribution in [3.05, 3.63) is 63.9 Å². The molecule has 0 amide bonds. The van der Waals surface area contributed by atoms with Crippen LogP contribution in [0.1, 0.15) is 5.56 Å². The topological polar surface area (TPSA) is 12.0 Å². The Kier molecular flexibility index (Phi) is 6.37. The molecule has 0 spiro atoms. The molecule has 0 saturated carbocycles. The summed E-state index contributed by atoms with van der Waals surface area (Å²) in [6.45, 7) is 0. The molecule has 1 atom stereocenters. The van der Waals surface area contributed by atoms with Gasteiger partial charge in [0.2, 0.25) is 0 Å². The van der Waals surface area contributed by atoms with Crippen LogP contribution in [0.5, 0.6) is 0 Å². The SMILES string of the molecule is CNC(CSc1ccc(F)cc1)Cc1ccc(Cl)c(Cl)c1. The molecule has 21 heavy (non-hydrogen) atoms. The predicted molar refractivity (Wildman–Crippen MR) is 90.1 cm³/mol. The second kappa shape index (κ2) is 8.04. The summed E-state index contributed by atoms with van der Waals surface area (Å²) in [5, 5.41) is 4.45. The maximum Gasteiger partial charge on any atom is 0.123 e. The quantitative estimate of drug-likeness (QED) is 0.736. The molecule has 0 fully saturated rings. The molecule has 0 radical (unpaired) electrons. The van der Waals surface area contributed by atoms with Gasteiger partial charge in [-0.25, -0.2) is 4.39 Å². The van der Waals surface area contributed by atoms with Crippen LogP contribution in [-0.2, 0) is 6.42 Å². The van der Waals surface area contributed by atoms with Crippen molar-refractivity contribution in [3.8, 4) is 0 Å². The van der Waals surface area contributed by atoms with E-state index in [4.69, 9.17) is 23.2 Å². The van der Waals surface area contributed by atoms with Crippen LogP contribution < -0.4 is 5.32 Å². The van der Waals surface area contributed by atoms with Crippen LogP contribution >= 0.6 is 35.0 Å². The number of likely N-dealkylation sites (N-methyl/N-ethyl adjacent to an activating group) is 1. The first-order valence-corrected chi connectivity index (χ1v) is 8.32. The summed E-state index contributed by atoms with van der Waals surface area (Å²) in [7, 11) is 1.94. The van der Waals surface area contributed by atoms with E-state index in [1.807, 2.05) is 25.2 Å². The summed E-state index contributed by atoms with van der Waals surface area (Å²) in [4.78, 5) is 1.06. The number of hydrogen-bond acceptors (Lipinski definition) is 2. The lowest BCUT2D eigenvalue weighted by Gasteiger charge is -2.16. The zero-order chi connectivity index (χ0) is 15.2. The third kappa shape index (κ3) is 5.19. The average Bonchev–Trinajstić information content (AvgIpc) is 2.49. The number of nitrogens with one attached hydrogen (secondary N) is 1. The zero-order valence-corrected chi connectivity index (χ0v) is 13.9. The van der Waals surface area contributed by atoms with E-state index in [-0.39, 0.29) is 5.82 Å². The highest BCUT2D eigenvalue weighted by molar-refractivity contribution is 7.99. The number of rotatable bonds is 6. The van der Waals surface area contributed by atoms with Gasteiger partial charge in [0.25, 0.3) is 0 Å². The largest absolute Gasteiger partial charge is 0.316 e. The third-order valence-electron chi connectivity index (χ3n) is 3.14. The molecule has 0 aliphatic carbocycles. The summed E-state index contributed by atoms with van der Waals surface area (Å²) >= 11 is 13.7. The van der Waals surface area contributed by atoms with Gasteiger partial charge in [0.1, 0.15) is 5.82 Å². The van der Waals surface area contributed by atoms with E-state index >= 15 is 0 Å². The fraction of sp³-hybridized carbons (Fsp3) is 0.250. The fourth-order valence-corrected chi connectivity index (χ4v) is 3.25. The van der Waals surface area contributed by atoms with Crippen molar-refractivity contribution >= 4 is 35.0 Å². The van der Waals surface area contributed by atoms with Crippen molar-refractivity contribution in [2.45, 2.75) is 17.4 Å². The van der Waals surface area contributed by atoms with E-state index in [0.717, 1.165) is 22.6 Å². The second-order valence-corrected chi connectivity index (χ2v) is 6.61. The molecule has 0 aliphatic heterocycles. The van der Waals surface area contributed by atoms with Gasteiger partial charge in [0.15, 0.2) is 0 Å². The minimum Gasteiger partial charge on any atom is -0.316 e. The second-order valence-electron chi connectivity index (χ2n) is 4.70. The number of hydrogen-bond donors (Lipinski definition) is 1. The van der Waals surface area contributed by atoms with Gasteiger partial charge in [-0.2, -0.15) is 0 Å². The Morgan fingerprint density at radius 3 is 2.43 bits per heavy atom. The van der Waals surface area contributed by atoms with Gasteiger partial charge >= 0.3 is 0 Å². The van der Waals surface area contributed by atoms with E-state index in [1.165, 1.54) is 12.1 Å². The first-order valence-electron chi connectivity index (χ1n) is 6.58.